The highest BCUT2D eigenvalue weighted by Crippen LogP contribution is 2.29. The lowest BCUT2D eigenvalue weighted by molar-refractivity contribution is -0.123. The van der Waals surface area contributed by atoms with E-state index in [2.05, 4.69) is 5.32 Å². The average molecular weight is 373 g/mol. The highest BCUT2D eigenvalue weighted by Gasteiger charge is 2.25. The van der Waals surface area contributed by atoms with Gasteiger partial charge in [0, 0.05) is 0 Å². The maximum atomic E-state index is 12.6. The molecule has 7 heteroatoms. The van der Waals surface area contributed by atoms with E-state index in [1.54, 1.807) is 42.5 Å². The van der Waals surface area contributed by atoms with Crippen molar-refractivity contribution in [2.75, 3.05) is 26.1 Å². The first-order valence-corrected chi connectivity index (χ1v) is 8.46. The van der Waals surface area contributed by atoms with E-state index in [1.165, 1.54) is 21.1 Å². The lowest BCUT2D eigenvalue weighted by atomic mass is 10.1. The van der Waals surface area contributed by atoms with Crippen molar-refractivity contribution in [3.63, 3.8) is 0 Å². The normalized spacial score (nSPS) is 11.3. The van der Waals surface area contributed by atoms with Crippen molar-refractivity contribution >= 4 is 17.6 Å². The Labute approximate surface area is 158 Å². The Kier molecular flexibility index (Phi) is 7.05. The quantitative estimate of drug-likeness (QED) is 0.715. The molecule has 144 valence electrons. The summed E-state index contributed by atoms with van der Waals surface area (Å²) in [6.07, 6.45) is -1.04. The lowest BCUT2D eigenvalue weighted by Gasteiger charge is -2.17. The monoisotopic (exact) mass is 373 g/mol. The summed E-state index contributed by atoms with van der Waals surface area (Å²) in [5.41, 5.74) is 0.624. The van der Waals surface area contributed by atoms with Crippen LogP contribution in [0.15, 0.2) is 42.5 Å². The van der Waals surface area contributed by atoms with E-state index in [0.717, 1.165) is 0 Å². The number of carbonyl (C=O) groups excluding carboxylic acids is 2. The molecule has 0 saturated heterocycles. The van der Waals surface area contributed by atoms with Gasteiger partial charge in [0.25, 0.3) is 5.91 Å². The number of amides is 1. The Hall–Kier alpha value is -3.22. The molecule has 0 spiro atoms. The highest BCUT2D eigenvalue weighted by molar-refractivity contribution is 6.00. The average Bonchev–Trinajstić information content (AvgIpc) is 2.68. The van der Waals surface area contributed by atoms with Crippen LogP contribution in [0.25, 0.3) is 0 Å². The van der Waals surface area contributed by atoms with Gasteiger partial charge in [0.05, 0.1) is 26.5 Å². The van der Waals surface area contributed by atoms with E-state index in [-0.39, 0.29) is 5.56 Å². The zero-order valence-corrected chi connectivity index (χ0v) is 15.8. The molecule has 1 atom stereocenters. The fraction of sp³-hybridized carbons (Fsp3) is 0.300. The van der Waals surface area contributed by atoms with Crippen molar-refractivity contribution in [2.24, 2.45) is 0 Å². The molecule has 0 radical (unpaired) electrons. The van der Waals surface area contributed by atoms with Crippen LogP contribution in [0.1, 0.15) is 24.2 Å². The molecule has 0 fully saturated rings. The molecule has 0 aliphatic carbocycles. The van der Waals surface area contributed by atoms with Crippen molar-refractivity contribution in [2.45, 2.75) is 20.0 Å². The summed E-state index contributed by atoms with van der Waals surface area (Å²) < 4.78 is 21.2. The molecule has 0 heterocycles. The second-order valence-electron chi connectivity index (χ2n) is 5.50. The van der Waals surface area contributed by atoms with Crippen molar-refractivity contribution in [3.05, 3.63) is 48.0 Å². The van der Waals surface area contributed by atoms with Gasteiger partial charge in [-0.2, -0.15) is 0 Å². The van der Waals surface area contributed by atoms with Crippen LogP contribution in [0.4, 0.5) is 5.69 Å². The summed E-state index contributed by atoms with van der Waals surface area (Å²) in [5.74, 6) is -0.0602. The number of esters is 1. The van der Waals surface area contributed by atoms with Gasteiger partial charge in [-0.05, 0) is 38.1 Å². The van der Waals surface area contributed by atoms with Crippen LogP contribution in [0, 0.1) is 0 Å². The molecule has 1 amide bonds. The fourth-order valence-electron chi connectivity index (χ4n) is 2.41. The minimum absolute atomic E-state index is 0.122. The molecule has 0 aliphatic heterocycles. The molecule has 2 rings (SSSR count). The van der Waals surface area contributed by atoms with E-state index in [4.69, 9.17) is 18.9 Å². The summed E-state index contributed by atoms with van der Waals surface area (Å²) in [6, 6.07) is 11.9. The smallest absolute Gasteiger partial charge is 0.346 e. The molecule has 2 aromatic carbocycles. The first-order chi connectivity index (χ1) is 13.0. The third-order valence-corrected chi connectivity index (χ3v) is 3.73. The summed E-state index contributed by atoms with van der Waals surface area (Å²) in [6.45, 7) is 3.80. The van der Waals surface area contributed by atoms with Gasteiger partial charge < -0.3 is 24.3 Å². The number of ether oxygens (including phenoxy) is 4. The Morgan fingerprint density at radius 1 is 0.963 bits per heavy atom. The first-order valence-electron chi connectivity index (χ1n) is 8.46. The van der Waals surface area contributed by atoms with E-state index in [9.17, 15) is 9.59 Å². The zero-order valence-electron chi connectivity index (χ0n) is 15.8. The third-order valence-electron chi connectivity index (χ3n) is 3.73. The number of nitrogens with one attached hydrogen (secondary N) is 1. The molecular formula is C20H23NO6. The van der Waals surface area contributed by atoms with Gasteiger partial charge in [0.15, 0.2) is 6.10 Å². The van der Waals surface area contributed by atoms with Crippen LogP contribution in [-0.4, -0.2) is 38.8 Å². The zero-order chi connectivity index (χ0) is 19.8. The minimum atomic E-state index is -1.04. The van der Waals surface area contributed by atoms with Crippen LogP contribution in [0.3, 0.4) is 0 Å². The van der Waals surface area contributed by atoms with E-state index < -0.39 is 18.0 Å². The number of hydrogen-bond donors (Lipinski definition) is 1. The molecular weight excluding hydrogens is 350 g/mol. The Morgan fingerprint density at radius 3 is 2.15 bits per heavy atom. The number of rotatable bonds is 8. The predicted molar refractivity (Wildman–Crippen MR) is 101 cm³/mol. The largest absolute Gasteiger partial charge is 0.496 e. The van der Waals surface area contributed by atoms with Gasteiger partial charge in [-0.1, -0.05) is 18.2 Å². The predicted octanol–water partition coefficient (Wildman–Crippen LogP) is 3.29. The second-order valence-corrected chi connectivity index (χ2v) is 5.50. The van der Waals surface area contributed by atoms with Crippen LogP contribution >= 0.6 is 0 Å². The van der Waals surface area contributed by atoms with Crippen LogP contribution in [0.2, 0.25) is 0 Å². The van der Waals surface area contributed by atoms with Crippen LogP contribution in [-0.2, 0) is 9.53 Å². The lowest BCUT2D eigenvalue weighted by Crippen LogP contribution is -2.30. The molecule has 0 saturated carbocycles. The van der Waals surface area contributed by atoms with Crippen LogP contribution < -0.4 is 19.5 Å². The molecule has 0 aromatic heterocycles. The standard InChI is InChI=1S/C20H23NO6/c1-5-26-15-10-7-6-9-14(15)21-19(22)13(2)27-20(23)18-16(24-3)11-8-12-17(18)25-4/h6-13H,5H2,1-4H3,(H,21,22)/t13-/m0/s1. The fourth-order valence-corrected chi connectivity index (χ4v) is 2.41. The van der Waals surface area contributed by atoms with E-state index in [0.29, 0.717) is 29.5 Å². The van der Waals surface area contributed by atoms with Crippen molar-refractivity contribution in [3.8, 4) is 17.2 Å². The number of para-hydroxylation sites is 2. The third kappa shape index (κ3) is 4.91. The van der Waals surface area contributed by atoms with E-state index in [1.807, 2.05) is 6.92 Å². The molecule has 7 nitrogen and oxygen atoms in total. The Bertz CT molecular complexity index is 783. The van der Waals surface area contributed by atoms with Gasteiger partial charge in [0.1, 0.15) is 22.8 Å². The SMILES string of the molecule is CCOc1ccccc1NC(=O)[C@H](C)OC(=O)c1c(OC)cccc1OC. The van der Waals surface area contributed by atoms with Gasteiger partial charge in [0.2, 0.25) is 0 Å². The minimum Gasteiger partial charge on any atom is -0.496 e. The summed E-state index contributed by atoms with van der Waals surface area (Å²) >= 11 is 0. The molecule has 1 N–H and O–H groups in total. The van der Waals surface area contributed by atoms with E-state index >= 15 is 0 Å². The number of hydrogen-bond acceptors (Lipinski definition) is 6. The van der Waals surface area contributed by atoms with Crippen molar-refractivity contribution < 1.29 is 28.5 Å². The summed E-state index contributed by atoms with van der Waals surface area (Å²) in [7, 11) is 2.87. The van der Waals surface area contributed by atoms with Gasteiger partial charge in [-0.25, -0.2) is 4.79 Å². The molecule has 0 aliphatic rings. The summed E-state index contributed by atoms with van der Waals surface area (Å²) in [5, 5.41) is 2.71. The number of benzene rings is 2. The maximum Gasteiger partial charge on any atom is 0.346 e. The number of anilines is 1. The van der Waals surface area contributed by atoms with Crippen molar-refractivity contribution in [1.82, 2.24) is 0 Å². The van der Waals surface area contributed by atoms with Gasteiger partial charge in [-0.15, -0.1) is 0 Å². The molecule has 0 bridgehead atoms. The van der Waals surface area contributed by atoms with Crippen molar-refractivity contribution in [1.29, 1.82) is 0 Å². The molecule has 2 aromatic rings. The summed E-state index contributed by atoms with van der Waals surface area (Å²) in [4.78, 5) is 25.0. The van der Waals surface area contributed by atoms with Crippen LogP contribution in [0.5, 0.6) is 17.2 Å². The Morgan fingerprint density at radius 2 is 1.56 bits per heavy atom. The molecule has 27 heavy (non-hydrogen) atoms. The first kappa shape index (κ1) is 20.1. The Balaban J connectivity index is 2.12. The van der Waals surface area contributed by atoms with Gasteiger partial charge >= 0.3 is 5.97 Å². The molecule has 0 unspecified atom stereocenters. The number of methoxy groups -OCH3 is 2. The van der Waals surface area contributed by atoms with Gasteiger partial charge in [-0.3, -0.25) is 4.79 Å². The topological polar surface area (TPSA) is 83.1 Å². The maximum absolute atomic E-state index is 12.6. The second kappa shape index (κ2) is 9.47. The number of carbonyl (C=O) groups is 2. The highest BCUT2D eigenvalue weighted by atomic mass is 16.6.